The standard InChI is InChI=1S/C18H17NO3/c1-13(20)17(12-14-6-4-3-5-7-14)18(21)19-15-8-10-16(22-2)11-9-15/h3-12H,1-2H3,(H,19,21)/b17-12+. The molecule has 0 aliphatic rings. The molecule has 0 heterocycles. The molecule has 0 saturated carbocycles. The van der Waals surface area contributed by atoms with Crippen molar-refractivity contribution in [2.45, 2.75) is 6.92 Å². The van der Waals surface area contributed by atoms with Crippen LogP contribution in [0.3, 0.4) is 0 Å². The van der Waals surface area contributed by atoms with Gasteiger partial charge in [-0.1, -0.05) is 30.3 Å². The summed E-state index contributed by atoms with van der Waals surface area (Å²) >= 11 is 0. The lowest BCUT2D eigenvalue weighted by Gasteiger charge is -2.08. The van der Waals surface area contributed by atoms with Crippen LogP contribution in [0.1, 0.15) is 12.5 Å². The second-order valence-corrected chi connectivity index (χ2v) is 4.71. The molecule has 2 aromatic carbocycles. The van der Waals surface area contributed by atoms with E-state index in [1.54, 1.807) is 37.5 Å². The molecule has 4 heteroatoms. The Morgan fingerprint density at radius 2 is 1.64 bits per heavy atom. The molecule has 1 N–H and O–H groups in total. The summed E-state index contributed by atoms with van der Waals surface area (Å²) in [4.78, 5) is 24.0. The summed E-state index contributed by atoms with van der Waals surface area (Å²) in [5.41, 5.74) is 1.52. The van der Waals surface area contributed by atoms with Gasteiger partial charge in [0.25, 0.3) is 5.91 Å². The van der Waals surface area contributed by atoms with Gasteiger partial charge in [-0.25, -0.2) is 0 Å². The van der Waals surface area contributed by atoms with Gasteiger partial charge in [-0.3, -0.25) is 9.59 Å². The summed E-state index contributed by atoms with van der Waals surface area (Å²) in [7, 11) is 1.57. The van der Waals surface area contributed by atoms with Crippen LogP contribution < -0.4 is 10.1 Å². The van der Waals surface area contributed by atoms with Gasteiger partial charge in [0.05, 0.1) is 12.7 Å². The fourth-order valence-corrected chi connectivity index (χ4v) is 1.92. The largest absolute Gasteiger partial charge is 0.497 e. The van der Waals surface area contributed by atoms with Crippen molar-refractivity contribution in [2.75, 3.05) is 12.4 Å². The van der Waals surface area contributed by atoms with Crippen molar-refractivity contribution in [2.24, 2.45) is 0 Å². The third-order valence-corrected chi connectivity index (χ3v) is 3.08. The van der Waals surface area contributed by atoms with Gasteiger partial charge in [0.2, 0.25) is 0 Å². The van der Waals surface area contributed by atoms with Crippen molar-refractivity contribution in [3.8, 4) is 5.75 Å². The van der Waals surface area contributed by atoms with Crippen LogP contribution in [-0.2, 0) is 9.59 Å². The van der Waals surface area contributed by atoms with Crippen LogP contribution in [0, 0.1) is 0 Å². The minimum absolute atomic E-state index is 0.113. The maximum absolute atomic E-state index is 12.3. The van der Waals surface area contributed by atoms with E-state index < -0.39 is 5.91 Å². The first-order chi connectivity index (χ1) is 10.6. The van der Waals surface area contributed by atoms with Crippen molar-refractivity contribution in [1.29, 1.82) is 0 Å². The Morgan fingerprint density at radius 1 is 1.00 bits per heavy atom. The number of anilines is 1. The lowest BCUT2D eigenvalue weighted by Crippen LogP contribution is -2.18. The smallest absolute Gasteiger partial charge is 0.259 e. The SMILES string of the molecule is COc1ccc(NC(=O)/C(=C/c2ccccc2)C(C)=O)cc1. The molecule has 22 heavy (non-hydrogen) atoms. The lowest BCUT2D eigenvalue weighted by atomic mass is 10.1. The van der Waals surface area contributed by atoms with E-state index in [0.29, 0.717) is 11.4 Å². The molecule has 0 radical (unpaired) electrons. The van der Waals surface area contributed by atoms with Crippen LogP contribution >= 0.6 is 0 Å². The molecule has 0 spiro atoms. The highest BCUT2D eigenvalue weighted by atomic mass is 16.5. The molecule has 0 bridgehead atoms. The van der Waals surface area contributed by atoms with Crippen LogP contribution in [0.2, 0.25) is 0 Å². The summed E-state index contributed by atoms with van der Waals surface area (Å²) in [5, 5.41) is 2.71. The van der Waals surface area contributed by atoms with E-state index >= 15 is 0 Å². The summed E-state index contributed by atoms with van der Waals surface area (Å²) in [6.45, 7) is 1.38. The lowest BCUT2D eigenvalue weighted by molar-refractivity contribution is -0.118. The molecular weight excluding hydrogens is 278 g/mol. The Morgan fingerprint density at radius 3 is 2.18 bits per heavy atom. The molecule has 0 atom stereocenters. The number of Topliss-reactive ketones (excluding diaryl/α,β-unsaturated/α-hetero) is 1. The average molecular weight is 295 g/mol. The summed E-state index contributed by atoms with van der Waals surface area (Å²) < 4.78 is 5.06. The Labute approximate surface area is 129 Å². The summed E-state index contributed by atoms with van der Waals surface area (Å²) in [5.74, 6) is -0.0130. The minimum Gasteiger partial charge on any atom is -0.497 e. The third kappa shape index (κ3) is 4.06. The predicted octanol–water partition coefficient (Wildman–Crippen LogP) is 3.31. The number of ether oxygens (including phenoxy) is 1. The van der Waals surface area contributed by atoms with E-state index in [0.717, 1.165) is 5.56 Å². The van der Waals surface area contributed by atoms with E-state index in [-0.39, 0.29) is 11.4 Å². The first-order valence-electron chi connectivity index (χ1n) is 6.83. The van der Waals surface area contributed by atoms with E-state index in [2.05, 4.69) is 5.32 Å². The van der Waals surface area contributed by atoms with Gasteiger partial charge in [-0.05, 0) is 42.8 Å². The molecule has 0 aromatic heterocycles. The number of rotatable bonds is 5. The van der Waals surface area contributed by atoms with E-state index in [9.17, 15) is 9.59 Å². The molecule has 0 fully saturated rings. The van der Waals surface area contributed by atoms with Gasteiger partial charge >= 0.3 is 0 Å². The second kappa shape index (κ2) is 7.22. The highest BCUT2D eigenvalue weighted by molar-refractivity contribution is 6.25. The highest BCUT2D eigenvalue weighted by Gasteiger charge is 2.14. The predicted molar refractivity (Wildman–Crippen MR) is 86.7 cm³/mol. The molecule has 4 nitrogen and oxygen atoms in total. The monoisotopic (exact) mass is 295 g/mol. The van der Waals surface area contributed by atoms with Gasteiger partial charge in [0, 0.05) is 5.69 Å². The minimum atomic E-state index is -0.429. The van der Waals surface area contributed by atoms with Crippen LogP contribution in [0.5, 0.6) is 5.75 Å². The molecule has 2 aromatic rings. The van der Waals surface area contributed by atoms with E-state index in [1.807, 2.05) is 30.3 Å². The first-order valence-corrected chi connectivity index (χ1v) is 6.83. The van der Waals surface area contributed by atoms with Crippen LogP contribution in [0.25, 0.3) is 6.08 Å². The number of nitrogens with one attached hydrogen (secondary N) is 1. The average Bonchev–Trinajstić information content (AvgIpc) is 2.54. The van der Waals surface area contributed by atoms with Gasteiger partial charge in [-0.15, -0.1) is 0 Å². The number of hydrogen-bond acceptors (Lipinski definition) is 3. The van der Waals surface area contributed by atoms with E-state index in [4.69, 9.17) is 4.74 Å². The van der Waals surface area contributed by atoms with Crippen molar-refractivity contribution in [3.63, 3.8) is 0 Å². The fraction of sp³-hybridized carbons (Fsp3) is 0.111. The fourth-order valence-electron chi connectivity index (χ4n) is 1.92. The number of methoxy groups -OCH3 is 1. The molecular formula is C18H17NO3. The molecule has 0 unspecified atom stereocenters. The Hall–Kier alpha value is -2.88. The summed E-state index contributed by atoms with van der Waals surface area (Å²) in [6, 6.07) is 16.2. The third-order valence-electron chi connectivity index (χ3n) is 3.08. The van der Waals surface area contributed by atoms with Crippen molar-refractivity contribution >= 4 is 23.5 Å². The number of benzene rings is 2. The van der Waals surface area contributed by atoms with Gasteiger partial charge < -0.3 is 10.1 Å². The van der Waals surface area contributed by atoms with E-state index in [1.165, 1.54) is 6.92 Å². The molecule has 0 aliphatic carbocycles. The molecule has 1 amide bonds. The number of ketones is 1. The van der Waals surface area contributed by atoms with Crippen LogP contribution in [-0.4, -0.2) is 18.8 Å². The Bertz CT molecular complexity index is 688. The second-order valence-electron chi connectivity index (χ2n) is 4.71. The van der Waals surface area contributed by atoms with Crippen LogP contribution in [0.4, 0.5) is 5.69 Å². The first kappa shape index (κ1) is 15.5. The highest BCUT2D eigenvalue weighted by Crippen LogP contribution is 2.16. The van der Waals surface area contributed by atoms with Gasteiger partial charge in [0.15, 0.2) is 5.78 Å². The quantitative estimate of drug-likeness (QED) is 0.523. The number of amides is 1. The van der Waals surface area contributed by atoms with Gasteiger partial charge in [-0.2, -0.15) is 0 Å². The number of carbonyl (C=O) groups is 2. The zero-order chi connectivity index (χ0) is 15.9. The topological polar surface area (TPSA) is 55.4 Å². The Balaban J connectivity index is 2.19. The number of carbonyl (C=O) groups excluding carboxylic acids is 2. The van der Waals surface area contributed by atoms with Crippen molar-refractivity contribution in [1.82, 2.24) is 0 Å². The molecule has 2 rings (SSSR count). The maximum atomic E-state index is 12.3. The molecule has 112 valence electrons. The Kier molecular flexibility index (Phi) is 5.09. The normalized spacial score (nSPS) is 10.9. The summed E-state index contributed by atoms with van der Waals surface area (Å²) in [6.07, 6.45) is 1.58. The molecule has 0 saturated heterocycles. The van der Waals surface area contributed by atoms with Crippen LogP contribution in [0.15, 0.2) is 60.2 Å². The zero-order valence-corrected chi connectivity index (χ0v) is 12.5. The maximum Gasteiger partial charge on any atom is 0.259 e. The van der Waals surface area contributed by atoms with Gasteiger partial charge in [0.1, 0.15) is 5.75 Å². The molecule has 0 aliphatic heterocycles. The zero-order valence-electron chi connectivity index (χ0n) is 12.5. The van der Waals surface area contributed by atoms with Crippen molar-refractivity contribution in [3.05, 3.63) is 65.7 Å². The number of hydrogen-bond donors (Lipinski definition) is 1. The van der Waals surface area contributed by atoms with Crippen molar-refractivity contribution < 1.29 is 14.3 Å².